The molecule has 1 aliphatic heterocycles. The molecule has 2 N–H and O–H groups in total. The highest BCUT2D eigenvalue weighted by Crippen LogP contribution is 2.41. The predicted molar refractivity (Wildman–Crippen MR) is 105 cm³/mol. The summed E-state index contributed by atoms with van der Waals surface area (Å²) in [5.41, 5.74) is 1.36. The third kappa shape index (κ3) is 9.81. The molecule has 8 nitrogen and oxygen atoms in total. The molecule has 0 unspecified atom stereocenters. The number of pyridine rings is 1. The van der Waals surface area contributed by atoms with E-state index in [2.05, 4.69) is 22.0 Å². The van der Waals surface area contributed by atoms with Crippen molar-refractivity contribution in [3.05, 3.63) is 30.1 Å². The van der Waals surface area contributed by atoms with E-state index in [1.54, 1.807) is 7.11 Å². The molecule has 194 valence electrons. The fourth-order valence-electron chi connectivity index (χ4n) is 3.71. The van der Waals surface area contributed by atoms with Crippen LogP contribution in [0.3, 0.4) is 0 Å². The van der Waals surface area contributed by atoms with Gasteiger partial charge in [-0.2, -0.15) is 26.3 Å². The maximum atomic E-state index is 10.6. The second kappa shape index (κ2) is 12.9. The van der Waals surface area contributed by atoms with Crippen LogP contribution in [0.1, 0.15) is 24.8 Å². The van der Waals surface area contributed by atoms with Crippen LogP contribution >= 0.6 is 0 Å². The summed E-state index contributed by atoms with van der Waals surface area (Å²) in [6, 6.07) is 4.20. The fourth-order valence-corrected chi connectivity index (χ4v) is 3.71. The van der Waals surface area contributed by atoms with Crippen LogP contribution in [0.2, 0.25) is 0 Å². The Labute approximate surface area is 191 Å². The molecule has 14 heteroatoms. The molecular formula is C20H26F6N2O6. The van der Waals surface area contributed by atoms with E-state index in [1.165, 1.54) is 24.8 Å². The Kier molecular flexibility index (Phi) is 11.2. The smallest absolute Gasteiger partial charge is 0.475 e. The van der Waals surface area contributed by atoms with Crippen LogP contribution in [-0.4, -0.2) is 83.4 Å². The predicted octanol–water partition coefficient (Wildman–Crippen LogP) is 3.37. The van der Waals surface area contributed by atoms with Gasteiger partial charge < -0.3 is 19.7 Å². The summed E-state index contributed by atoms with van der Waals surface area (Å²) in [4.78, 5) is 24.4. The molecule has 1 aromatic rings. The summed E-state index contributed by atoms with van der Waals surface area (Å²) in [5, 5.41) is 14.2. The van der Waals surface area contributed by atoms with Gasteiger partial charge in [0.1, 0.15) is 0 Å². The van der Waals surface area contributed by atoms with Crippen LogP contribution in [0.4, 0.5) is 26.3 Å². The average molecular weight is 504 g/mol. The third-order valence-electron chi connectivity index (χ3n) is 5.19. The lowest BCUT2D eigenvalue weighted by Gasteiger charge is -2.44. The molecule has 0 radical (unpaired) electrons. The molecule has 1 saturated heterocycles. The number of hydrogen-bond donors (Lipinski definition) is 2. The van der Waals surface area contributed by atoms with Gasteiger partial charge in [0.25, 0.3) is 0 Å². The van der Waals surface area contributed by atoms with E-state index >= 15 is 0 Å². The summed E-state index contributed by atoms with van der Waals surface area (Å²) in [6.45, 7) is 4.70. The Morgan fingerprint density at radius 1 is 1.15 bits per heavy atom. The van der Waals surface area contributed by atoms with Crippen molar-refractivity contribution in [3.8, 4) is 0 Å². The molecule has 2 heterocycles. The van der Waals surface area contributed by atoms with E-state index in [1.807, 2.05) is 12.4 Å². The van der Waals surface area contributed by atoms with Crippen LogP contribution in [0.25, 0.3) is 0 Å². The molecular weight excluding hydrogens is 478 g/mol. The Bertz CT molecular complexity index is 753. The first kappa shape index (κ1) is 29.6. The third-order valence-corrected chi connectivity index (χ3v) is 5.19. The molecule has 2 aliphatic rings. The second-order valence-corrected chi connectivity index (χ2v) is 7.63. The van der Waals surface area contributed by atoms with Gasteiger partial charge in [0, 0.05) is 45.1 Å². The highest BCUT2D eigenvalue weighted by molar-refractivity contribution is 5.73. The first-order chi connectivity index (χ1) is 15.7. The first-order valence-electron chi connectivity index (χ1n) is 10.1. The van der Waals surface area contributed by atoms with Gasteiger partial charge in [0.15, 0.2) is 0 Å². The van der Waals surface area contributed by atoms with Crippen LogP contribution in [0.15, 0.2) is 24.5 Å². The van der Waals surface area contributed by atoms with Crippen molar-refractivity contribution >= 4 is 11.9 Å². The molecule has 1 saturated carbocycles. The van der Waals surface area contributed by atoms with Crippen LogP contribution in [-0.2, 0) is 25.6 Å². The number of methoxy groups -OCH3 is 1. The van der Waals surface area contributed by atoms with E-state index in [9.17, 15) is 26.3 Å². The van der Waals surface area contributed by atoms with Gasteiger partial charge in [-0.05, 0) is 30.5 Å². The number of alkyl halides is 6. The molecule has 2 atom stereocenters. The van der Waals surface area contributed by atoms with Gasteiger partial charge in [0.05, 0.1) is 18.8 Å². The molecule has 1 aromatic heterocycles. The van der Waals surface area contributed by atoms with Gasteiger partial charge in [-0.1, -0.05) is 6.42 Å². The maximum absolute atomic E-state index is 10.6. The van der Waals surface area contributed by atoms with Gasteiger partial charge in [-0.3, -0.25) is 9.88 Å². The normalized spacial score (nSPS) is 22.9. The van der Waals surface area contributed by atoms with Gasteiger partial charge in [-0.15, -0.1) is 0 Å². The van der Waals surface area contributed by atoms with Crippen molar-refractivity contribution in [1.29, 1.82) is 0 Å². The molecule has 34 heavy (non-hydrogen) atoms. The number of aliphatic carboxylic acids is 2. The Balaban J connectivity index is 0.000000343. The number of rotatable bonds is 4. The number of hydrogen-bond acceptors (Lipinski definition) is 6. The minimum Gasteiger partial charge on any atom is -0.475 e. The van der Waals surface area contributed by atoms with Gasteiger partial charge in [0.2, 0.25) is 0 Å². The van der Waals surface area contributed by atoms with Crippen molar-refractivity contribution in [2.45, 2.75) is 43.8 Å². The largest absolute Gasteiger partial charge is 0.490 e. The lowest BCUT2D eigenvalue weighted by atomic mass is 9.89. The SMILES string of the molecule is COC[C@@H]1CCC[C@@]12CN(Cc1ccncc1)CCO2.O=C(O)C(F)(F)F.O=C(O)C(F)(F)F. The van der Waals surface area contributed by atoms with Crippen LogP contribution < -0.4 is 0 Å². The minimum atomic E-state index is -5.08. The lowest BCUT2D eigenvalue weighted by Crippen LogP contribution is -2.54. The van der Waals surface area contributed by atoms with Crippen LogP contribution in [0.5, 0.6) is 0 Å². The standard InChI is InChI=1S/C16H24N2O2.2C2HF3O2/c1-19-12-15-3-2-6-16(15)13-18(9-10-20-16)11-14-4-7-17-8-5-14;2*3-2(4,5)1(6)7/h4-5,7-8,15H,2-3,6,9-13H2,1H3;2*(H,6,7)/t15-,16+;;/m0../s1. The second-order valence-electron chi connectivity index (χ2n) is 7.63. The molecule has 0 aromatic carbocycles. The van der Waals surface area contributed by atoms with Crippen molar-refractivity contribution in [2.75, 3.05) is 33.4 Å². The summed E-state index contributed by atoms with van der Waals surface area (Å²) in [5.74, 6) is -4.97. The summed E-state index contributed by atoms with van der Waals surface area (Å²) in [7, 11) is 1.80. The zero-order valence-electron chi connectivity index (χ0n) is 18.2. The number of nitrogens with zero attached hydrogens (tertiary/aromatic N) is 2. The van der Waals surface area contributed by atoms with Crippen molar-refractivity contribution in [2.24, 2.45) is 5.92 Å². The zero-order chi connectivity index (χ0) is 26.0. The number of aromatic nitrogens is 1. The van der Waals surface area contributed by atoms with E-state index in [4.69, 9.17) is 29.3 Å². The topological polar surface area (TPSA) is 109 Å². The van der Waals surface area contributed by atoms with Crippen molar-refractivity contribution < 1.29 is 55.6 Å². The Morgan fingerprint density at radius 3 is 2.15 bits per heavy atom. The first-order valence-corrected chi connectivity index (χ1v) is 10.1. The molecule has 3 rings (SSSR count). The number of carboxylic acid groups (broad SMARTS) is 2. The molecule has 1 aliphatic carbocycles. The number of carboxylic acids is 2. The molecule has 2 fully saturated rings. The van der Waals surface area contributed by atoms with Crippen LogP contribution in [0, 0.1) is 5.92 Å². The minimum absolute atomic E-state index is 0.0291. The van der Waals surface area contributed by atoms with Gasteiger partial charge >= 0.3 is 24.3 Å². The van der Waals surface area contributed by atoms with Gasteiger partial charge in [-0.25, -0.2) is 9.59 Å². The van der Waals surface area contributed by atoms with E-state index in [0.29, 0.717) is 5.92 Å². The fraction of sp³-hybridized carbons (Fsp3) is 0.650. The Morgan fingerprint density at radius 2 is 1.68 bits per heavy atom. The maximum Gasteiger partial charge on any atom is 0.490 e. The number of halogens is 6. The average Bonchev–Trinajstić information content (AvgIpc) is 3.10. The van der Waals surface area contributed by atoms with Crippen molar-refractivity contribution in [3.63, 3.8) is 0 Å². The zero-order valence-corrected chi connectivity index (χ0v) is 18.2. The quantitative estimate of drug-likeness (QED) is 0.601. The van der Waals surface area contributed by atoms with Crippen molar-refractivity contribution in [1.82, 2.24) is 9.88 Å². The highest BCUT2D eigenvalue weighted by atomic mass is 19.4. The number of ether oxygens (including phenoxy) is 2. The molecule has 0 amide bonds. The lowest BCUT2D eigenvalue weighted by molar-refractivity contribution is -0.193. The monoisotopic (exact) mass is 504 g/mol. The molecule has 0 bridgehead atoms. The van der Waals surface area contributed by atoms with E-state index < -0.39 is 24.3 Å². The highest BCUT2D eigenvalue weighted by Gasteiger charge is 2.46. The number of morpholine rings is 1. The summed E-state index contributed by atoms with van der Waals surface area (Å²) < 4.78 is 75.1. The number of carbonyl (C=O) groups is 2. The Hall–Kier alpha value is -2.45. The van der Waals surface area contributed by atoms with E-state index in [0.717, 1.165) is 32.8 Å². The molecule has 1 spiro atoms. The summed E-state index contributed by atoms with van der Waals surface area (Å²) >= 11 is 0. The summed E-state index contributed by atoms with van der Waals surface area (Å²) in [6.07, 6.45) is -2.76. The van der Waals surface area contributed by atoms with E-state index in [-0.39, 0.29) is 5.60 Å².